The lowest BCUT2D eigenvalue weighted by molar-refractivity contribution is 0.179. The molecule has 7 nitrogen and oxygen atoms in total. The van der Waals surface area contributed by atoms with Gasteiger partial charge in [0.25, 0.3) is 10.0 Å². The lowest BCUT2D eigenvalue weighted by atomic mass is 10.2. The highest BCUT2D eigenvalue weighted by molar-refractivity contribution is 7.89. The molecule has 8 heteroatoms. The van der Waals surface area contributed by atoms with Crippen molar-refractivity contribution in [2.45, 2.75) is 17.5 Å². The van der Waals surface area contributed by atoms with E-state index < -0.39 is 10.0 Å². The summed E-state index contributed by atoms with van der Waals surface area (Å²) in [4.78, 5) is 8.86. The van der Waals surface area contributed by atoms with Crippen molar-refractivity contribution in [3.05, 3.63) is 12.5 Å². The molecule has 0 radical (unpaired) electrons. The Kier molecular flexibility index (Phi) is 3.57. The van der Waals surface area contributed by atoms with E-state index in [4.69, 9.17) is 0 Å². The molecule has 0 spiro atoms. The number of aromatic amines is 1. The number of piperazine rings is 1. The van der Waals surface area contributed by atoms with Crippen molar-refractivity contribution in [3.8, 4) is 0 Å². The maximum atomic E-state index is 12.3. The summed E-state index contributed by atoms with van der Waals surface area (Å²) in [6.07, 6.45) is 3.68. The summed E-state index contributed by atoms with van der Waals surface area (Å²) in [6, 6.07) is 0.347. The molecule has 1 unspecified atom stereocenters. The van der Waals surface area contributed by atoms with Crippen molar-refractivity contribution in [2.75, 3.05) is 39.3 Å². The van der Waals surface area contributed by atoms with Gasteiger partial charge < -0.3 is 10.3 Å². The number of H-pyrrole nitrogens is 1. The summed E-state index contributed by atoms with van der Waals surface area (Å²) >= 11 is 0. The second kappa shape index (κ2) is 5.20. The Balaban J connectivity index is 1.68. The molecule has 0 bridgehead atoms. The van der Waals surface area contributed by atoms with Gasteiger partial charge in [-0.05, 0) is 6.42 Å². The standard InChI is InChI=1S/C11H19N5O2S/c17-19(18,11-7-13-9-14-11)16-4-1-10(8-16)15-5-2-12-3-6-15/h7,9-10,12H,1-6,8H2,(H,13,14). The number of sulfonamides is 1. The first kappa shape index (κ1) is 13.0. The Morgan fingerprint density at radius 1 is 1.26 bits per heavy atom. The van der Waals surface area contributed by atoms with Gasteiger partial charge in [-0.25, -0.2) is 13.4 Å². The largest absolute Gasteiger partial charge is 0.335 e. The second-order valence-corrected chi connectivity index (χ2v) is 6.91. The Labute approximate surface area is 113 Å². The average molecular weight is 285 g/mol. The molecular weight excluding hydrogens is 266 g/mol. The van der Waals surface area contributed by atoms with Gasteiger partial charge >= 0.3 is 0 Å². The van der Waals surface area contributed by atoms with E-state index in [0.29, 0.717) is 19.1 Å². The van der Waals surface area contributed by atoms with Crippen LogP contribution < -0.4 is 5.32 Å². The highest BCUT2D eigenvalue weighted by atomic mass is 32.2. The fourth-order valence-electron chi connectivity index (χ4n) is 2.80. The zero-order valence-corrected chi connectivity index (χ0v) is 11.6. The van der Waals surface area contributed by atoms with Crippen LogP contribution in [0.1, 0.15) is 6.42 Å². The van der Waals surface area contributed by atoms with E-state index in [1.54, 1.807) is 4.31 Å². The van der Waals surface area contributed by atoms with Gasteiger partial charge in [-0.3, -0.25) is 4.90 Å². The minimum absolute atomic E-state index is 0.188. The minimum Gasteiger partial charge on any atom is -0.335 e. The third-order valence-electron chi connectivity index (χ3n) is 3.89. The SMILES string of the molecule is O=S(=O)(c1cnc[nH]1)N1CCC(N2CCNCC2)C1. The van der Waals surface area contributed by atoms with Crippen LogP contribution in [0.2, 0.25) is 0 Å². The van der Waals surface area contributed by atoms with E-state index >= 15 is 0 Å². The summed E-state index contributed by atoms with van der Waals surface area (Å²) < 4.78 is 26.3. The molecule has 0 saturated carbocycles. The molecule has 2 aliphatic heterocycles. The topological polar surface area (TPSA) is 81.3 Å². The van der Waals surface area contributed by atoms with Gasteiger partial charge in [0.2, 0.25) is 0 Å². The molecule has 2 aliphatic rings. The highest BCUT2D eigenvalue weighted by Gasteiger charge is 2.36. The zero-order valence-electron chi connectivity index (χ0n) is 10.7. The van der Waals surface area contributed by atoms with E-state index in [1.807, 2.05) is 0 Å². The van der Waals surface area contributed by atoms with Crippen molar-refractivity contribution < 1.29 is 8.42 Å². The van der Waals surface area contributed by atoms with Crippen LogP contribution in [0.4, 0.5) is 0 Å². The predicted molar refractivity (Wildman–Crippen MR) is 70.2 cm³/mol. The smallest absolute Gasteiger partial charge is 0.260 e. The average Bonchev–Trinajstić information content (AvgIpc) is 3.12. The van der Waals surface area contributed by atoms with Gasteiger partial charge in [0.05, 0.1) is 12.5 Å². The molecule has 19 heavy (non-hydrogen) atoms. The molecule has 2 N–H and O–H groups in total. The quantitative estimate of drug-likeness (QED) is 0.750. The molecule has 2 saturated heterocycles. The van der Waals surface area contributed by atoms with Crippen LogP contribution in [0.5, 0.6) is 0 Å². The Hall–Kier alpha value is -0.960. The molecule has 0 aliphatic carbocycles. The maximum absolute atomic E-state index is 12.3. The van der Waals surface area contributed by atoms with Crippen molar-refractivity contribution in [3.63, 3.8) is 0 Å². The lowest BCUT2D eigenvalue weighted by Crippen LogP contribution is -2.49. The monoisotopic (exact) mass is 285 g/mol. The van der Waals surface area contributed by atoms with Crippen LogP contribution in [-0.2, 0) is 10.0 Å². The fourth-order valence-corrected chi connectivity index (χ4v) is 4.19. The van der Waals surface area contributed by atoms with Crippen molar-refractivity contribution in [1.82, 2.24) is 24.5 Å². The molecule has 0 amide bonds. The summed E-state index contributed by atoms with van der Waals surface area (Å²) in [5.41, 5.74) is 0. The van der Waals surface area contributed by atoms with E-state index in [0.717, 1.165) is 32.6 Å². The summed E-state index contributed by atoms with van der Waals surface area (Å²) in [6.45, 7) is 5.16. The molecule has 3 rings (SSSR count). The van der Waals surface area contributed by atoms with Crippen LogP contribution in [0.3, 0.4) is 0 Å². The number of imidazole rings is 1. The first-order valence-corrected chi connectivity index (χ1v) is 8.05. The molecule has 1 aromatic heterocycles. The number of rotatable bonds is 3. The van der Waals surface area contributed by atoms with Crippen LogP contribution >= 0.6 is 0 Å². The van der Waals surface area contributed by atoms with E-state index in [-0.39, 0.29) is 5.03 Å². The van der Waals surface area contributed by atoms with E-state index in [2.05, 4.69) is 20.2 Å². The van der Waals surface area contributed by atoms with Crippen LogP contribution in [0.15, 0.2) is 17.6 Å². The Bertz CT molecular complexity index is 509. The molecular formula is C11H19N5O2S. The fraction of sp³-hybridized carbons (Fsp3) is 0.727. The van der Waals surface area contributed by atoms with Gasteiger partial charge in [-0.15, -0.1) is 0 Å². The summed E-state index contributed by atoms with van der Waals surface area (Å²) in [7, 11) is -3.39. The highest BCUT2D eigenvalue weighted by Crippen LogP contribution is 2.22. The number of hydrogen-bond acceptors (Lipinski definition) is 5. The number of hydrogen-bond donors (Lipinski definition) is 2. The normalized spacial score (nSPS) is 26.8. The molecule has 106 valence electrons. The third-order valence-corrected chi connectivity index (χ3v) is 5.68. The summed E-state index contributed by atoms with van der Waals surface area (Å²) in [5.74, 6) is 0. The van der Waals surface area contributed by atoms with Crippen molar-refractivity contribution >= 4 is 10.0 Å². The van der Waals surface area contributed by atoms with Crippen LogP contribution in [0.25, 0.3) is 0 Å². The Morgan fingerprint density at radius 3 is 2.74 bits per heavy atom. The minimum atomic E-state index is -3.39. The molecule has 3 heterocycles. The number of nitrogens with zero attached hydrogens (tertiary/aromatic N) is 3. The Morgan fingerprint density at radius 2 is 2.05 bits per heavy atom. The summed E-state index contributed by atoms with van der Waals surface area (Å²) in [5, 5.41) is 3.50. The van der Waals surface area contributed by atoms with Gasteiger partial charge in [-0.1, -0.05) is 0 Å². The van der Waals surface area contributed by atoms with Gasteiger partial charge in [0.15, 0.2) is 5.03 Å². The molecule has 0 aromatic carbocycles. The van der Waals surface area contributed by atoms with Crippen LogP contribution in [-0.4, -0.2) is 72.9 Å². The van der Waals surface area contributed by atoms with Gasteiger partial charge in [0, 0.05) is 45.3 Å². The third kappa shape index (κ3) is 2.53. The molecule has 1 aromatic rings. The number of nitrogens with one attached hydrogen (secondary N) is 2. The first-order chi connectivity index (χ1) is 9.18. The second-order valence-electron chi connectivity index (χ2n) is 5.01. The van der Waals surface area contributed by atoms with E-state index in [1.165, 1.54) is 12.5 Å². The number of aromatic nitrogens is 2. The van der Waals surface area contributed by atoms with E-state index in [9.17, 15) is 8.42 Å². The van der Waals surface area contributed by atoms with Crippen LogP contribution in [0, 0.1) is 0 Å². The van der Waals surface area contributed by atoms with Gasteiger partial charge in [0.1, 0.15) is 0 Å². The van der Waals surface area contributed by atoms with Crippen molar-refractivity contribution in [2.24, 2.45) is 0 Å². The molecule has 1 atom stereocenters. The molecule has 2 fully saturated rings. The predicted octanol–water partition coefficient (Wildman–Crippen LogP) is -0.922. The first-order valence-electron chi connectivity index (χ1n) is 6.61. The maximum Gasteiger partial charge on any atom is 0.260 e. The lowest BCUT2D eigenvalue weighted by Gasteiger charge is -2.32. The van der Waals surface area contributed by atoms with Crippen molar-refractivity contribution in [1.29, 1.82) is 0 Å². The van der Waals surface area contributed by atoms with Gasteiger partial charge in [-0.2, -0.15) is 4.31 Å². The zero-order chi connectivity index (χ0) is 13.3.